The van der Waals surface area contributed by atoms with Crippen LogP contribution in [0.5, 0.6) is 0 Å². The highest BCUT2D eigenvalue weighted by atomic mass is 32.2. The van der Waals surface area contributed by atoms with Gasteiger partial charge in [0.25, 0.3) is 0 Å². The zero-order valence-electron chi connectivity index (χ0n) is 9.06. The average Bonchev–Trinajstić information content (AvgIpc) is 2.36. The van der Waals surface area contributed by atoms with E-state index in [-0.39, 0.29) is 5.97 Å². The molecule has 0 spiro atoms. The van der Waals surface area contributed by atoms with Crippen molar-refractivity contribution in [2.45, 2.75) is 4.90 Å². The van der Waals surface area contributed by atoms with Gasteiger partial charge < -0.3 is 4.74 Å². The van der Waals surface area contributed by atoms with Crippen LogP contribution in [0.4, 0.5) is 0 Å². The number of esters is 1. The van der Waals surface area contributed by atoms with Gasteiger partial charge in [-0.2, -0.15) is 0 Å². The molecule has 0 saturated carbocycles. The number of ether oxygens (including phenoxy) is 1. The van der Waals surface area contributed by atoms with Crippen molar-refractivity contribution in [1.82, 2.24) is 4.98 Å². The van der Waals surface area contributed by atoms with Crippen molar-refractivity contribution in [2.75, 3.05) is 13.4 Å². The molecular formula is C12H11NO2S. The van der Waals surface area contributed by atoms with Crippen LogP contribution in [0.1, 0.15) is 10.4 Å². The van der Waals surface area contributed by atoms with Crippen molar-refractivity contribution >= 4 is 28.6 Å². The summed E-state index contributed by atoms with van der Waals surface area (Å²) in [6.45, 7) is 0. The van der Waals surface area contributed by atoms with Gasteiger partial charge >= 0.3 is 5.97 Å². The first kappa shape index (κ1) is 11.0. The van der Waals surface area contributed by atoms with Gasteiger partial charge in [0.05, 0.1) is 18.2 Å². The van der Waals surface area contributed by atoms with E-state index in [0.717, 1.165) is 15.8 Å². The number of aromatic nitrogens is 1. The summed E-state index contributed by atoms with van der Waals surface area (Å²) in [4.78, 5) is 16.7. The predicted octanol–water partition coefficient (Wildman–Crippen LogP) is 2.74. The summed E-state index contributed by atoms with van der Waals surface area (Å²) in [7, 11) is 1.36. The van der Waals surface area contributed by atoms with Crippen LogP contribution >= 0.6 is 11.8 Å². The number of rotatable bonds is 2. The van der Waals surface area contributed by atoms with Crippen LogP contribution in [0.2, 0.25) is 0 Å². The number of pyridine rings is 1. The minimum Gasteiger partial charge on any atom is -0.465 e. The molecule has 3 nitrogen and oxygen atoms in total. The Kier molecular flexibility index (Phi) is 3.10. The molecule has 0 amide bonds. The molecule has 0 bridgehead atoms. The third-order valence-corrected chi connectivity index (χ3v) is 3.04. The molecule has 4 heteroatoms. The fraction of sp³-hybridized carbons (Fsp3) is 0.167. The van der Waals surface area contributed by atoms with Crippen molar-refractivity contribution in [1.29, 1.82) is 0 Å². The van der Waals surface area contributed by atoms with Crippen molar-refractivity contribution < 1.29 is 9.53 Å². The molecule has 2 rings (SSSR count). The number of methoxy groups -OCH3 is 1. The lowest BCUT2D eigenvalue weighted by atomic mass is 10.1. The molecule has 0 fully saturated rings. The van der Waals surface area contributed by atoms with Gasteiger partial charge in [-0.25, -0.2) is 4.79 Å². The van der Waals surface area contributed by atoms with E-state index in [1.165, 1.54) is 13.3 Å². The zero-order valence-corrected chi connectivity index (χ0v) is 9.88. The monoisotopic (exact) mass is 233 g/mol. The Balaban J connectivity index is 2.51. The van der Waals surface area contributed by atoms with Crippen LogP contribution in [-0.4, -0.2) is 24.3 Å². The highest BCUT2D eigenvalue weighted by Gasteiger charge is 2.06. The van der Waals surface area contributed by atoms with E-state index < -0.39 is 0 Å². The number of hydrogen-bond donors (Lipinski definition) is 0. The smallest absolute Gasteiger partial charge is 0.339 e. The summed E-state index contributed by atoms with van der Waals surface area (Å²) in [6, 6.07) is 7.76. The fourth-order valence-corrected chi connectivity index (χ4v) is 1.89. The predicted molar refractivity (Wildman–Crippen MR) is 64.9 cm³/mol. The molecule has 0 aliphatic rings. The third-order valence-electron chi connectivity index (χ3n) is 2.31. The van der Waals surface area contributed by atoms with Crippen LogP contribution in [0.25, 0.3) is 10.9 Å². The van der Waals surface area contributed by atoms with E-state index in [1.807, 2.05) is 24.5 Å². The summed E-state index contributed by atoms with van der Waals surface area (Å²) in [5.74, 6) is -0.358. The molecule has 1 aromatic carbocycles. The topological polar surface area (TPSA) is 39.2 Å². The standard InChI is InChI=1S/C12H11NO2S/c1-15-12(14)9-5-8-3-4-10(16-2)6-11(8)13-7-9/h3-7H,1-2H3. The van der Waals surface area contributed by atoms with Gasteiger partial charge in [-0.3, -0.25) is 4.98 Å². The molecule has 0 aliphatic carbocycles. The first-order valence-corrected chi connectivity index (χ1v) is 5.99. The highest BCUT2D eigenvalue weighted by molar-refractivity contribution is 7.98. The molecule has 0 saturated heterocycles. The number of fused-ring (bicyclic) bond motifs is 1. The normalized spacial score (nSPS) is 10.4. The molecule has 2 aromatic rings. The molecule has 1 aromatic heterocycles. The molecule has 1 heterocycles. The molecule has 0 atom stereocenters. The van der Waals surface area contributed by atoms with E-state index in [0.29, 0.717) is 5.56 Å². The molecule has 82 valence electrons. The Morgan fingerprint density at radius 1 is 1.38 bits per heavy atom. The molecular weight excluding hydrogens is 222 g/mol. The Labute approximate surface area is 97.8 Å². The second kappa shape index (κ2) is 4.53. The minimum atomic E-state index is -0.358. The van der Waals surface area contributed by atoms with Crippen molar-refractivity contribution in [3.63, 3.8) is 0 Å². The van der Waals surface area contributed by atoms with Gasteiger partial charge in [0.15, 0.2) is 0 Å². The largest absolute Gasteiger partial charge is 0.465 e. The molecule has 0 N–H and O–H groups in total. The number of nitrogens with zero attached hydrogens (tertiary/aromatic N) is 1. The Bertz CT molecular complexity index is 540. The number of benzene rings is 1. The summed E-state index contributed by atoms with van der Waals surface area (Å²) in [5, 5.41) is 0.945. The molecule has 0 aliphatic heterocycles. The maximum Gasteiger partial charge on any atom is 0.339 e. The van der Waals surface area contributed by atoms with Gasteiger partial charge in [0, 0.05) is 16.5 Å². The SMILES string of the molecule is COC(=O)c1cnc2cc(SC)ccc2c1. The van der Waals surface area contributed by atoms with Crippen LogP contribution in [0.15, 0.2) is 35.4 Å². The summed E-state index contributed by atoms with van der Waals surface area (Å²) >= 11 is 1.67. The van der Waals surface area contributed by atoms with E-state index >= 15 is 0 Å². The first-order chi connectivity index (χ1) is 7.74. The quantitative estimate of drug-likeness (QED) is 0.590. The Morgan fingerprint density at radius 3 is 2.88 bits per heavy atom. The highest BCUT2D eigenvalue weighted by Crippen LogP contribution is 2.21. The molecule has 16 heavy (non-hydrogen) atoms. The zero-order chi connectivity index (χ0) is 11.5. The number of thioether (sulfide) groups is 1. The lowest BCUT2D eigenvalue weighted by Gasteiger charge is -2.02. The van der Waals surface area contributed by atoms with Crippen LogP contribution in [0, 0.1) is 0 Å². The van der Waals surface area contributed by atoms with E-state index in [1.54, 1.807) is 17.8 Å². The van der Waals surface area contributed by atoms with Crippen molar-refractivity contribution in [3.8, 4) is 0 Å². The molecule has 0 radical (unpaired) electrons. The summed E-state index contributed by atoms with van der Waals surface area (Å²) in [6.07, 6.45) is 3.56. The maximum atomic E-state index is 11.3. The summed E-state index contributed by atoms with van der Waals surface area (Å²) < 4.78 is 4.65. The van der Waals surface area contributed by atoms with Crippen molar-refractivity contribution in [3.05, 3.63) is 36.0 Å². The van der Waals surface area contributed by atoms with Crippen LogP contribution in [0.3, 0.4) is 0 Å². The van der Waals surface area contributed by atoms with E-state index in [9.17, 15) is 4.79 Å². The van der Waals surface area contributed by atoms with E-state index in [2.05, 4.69) is 9.72 Å². The third kappa shape index (κ3) is 2.02. The number of carbonyl (C=O) groups is 1. The molecule has 0 unspecified atom stereocenters. The van der Waals surface area contributed by atoms with Crippen LogP contribution in [-0.2, 0) is 4.74 Å². The first-order valence-electron chi connectivity index (χ1n) is 4.76. The number of carbonyl (C=O) groups excluding carboxylic acids is 1. The van der Waals surface area contributed by atoms with Gasteiger partial charge in [-0.05, 0) is 24.5 Å². The van der Waals surface area contributed by atoms with Crippen molar-refractivity contribution in [2.24, 2.45) is 0 Å². The summed E-state index contributed by atoms with van der Waals surface area (Å²) in [5.41, 5.74) is 1.37. The Morgan fingerprint density at radius 2 is 2.19 bits per heavy atom. The second-order valence-electron chi connectivity index (χ2n) is 3.27. The second-order valence-corrected chi connectivity index (χ2v) is 4.15. The average molecular weight is 233 g/mol. The van der Waals surface area contributed by atoms with Gasteiger partial charge in [-0.1, -0.05) is 6.07 Å². The van der Waals surface area contributed by atoms with Gasteiger partial charge in [0.2, 0.25) is 0 Å². The lowest BCUT2D eigenvalue weighted by molar-refractivity contribution is 0.0600. The Hall–Kier alpha value is -1.55. The fourth-order valence-electron chi connectivity index (χ4n) is 1.46. The number of hydrogen-bond acceptors (Lipinski definition) is 4. The minimum absolute atomic E-state index is 0.358. The van der Waals surface area contributed by atoms with Crippen LogP contribution < -0.4 is 0 Å². The van der Waals surface area contributed by atoms with E-state index in [4.69, 9.17) is 0 Å². The van der Waals surface area contributed by atoms with Gasteiger partial charge in [-0.15, -0.1) is 11.8 Å². The lowest BCUT2D eigenvalue weighted by Crippen LogP contribution is -2.01. The van der Waals surface area contributed by atoms with Gasteiger partial charge in [0.1, 0.15) is 0 Å². The maximum absolute atomic E-state index is 11.3.